The van der Waals surface area contributed by atoms with E-state index in [9.17, 15) is 14.9 Å². The molecular formula is C9H7ClN2O3. The van der Waals surface area contributed by atoms with Crippen LogP contribution in [0.2, 0.25) is 5.02 Å². The Morgan fingerprint density at radius 2 is 2.13 bits per heavy atom. The highest BCUT2D eigenvalue weighted by Crippen LogP contribution is 2.33. The fourth-order valence-electron chi connectivity index (χ4n) is 1.53. The largest absolute Gasteiger partial charge is 0.326 e. The van der Waals surface area contributed by atoms with Gasteiger partial charge < -0.3 is 5.32 Å². The second-order valence-corrected chi connectivity index (χ2v) is 3.67. The first kappa shape index (κ1) is 9.92. The molecule has 5 nitrogen and oxygen atoms in total. The third kappa shape index (κ3) is 1.78. The molecule has 2 rings (SSSR count). The second kappa shape index (κ2) is 3.51. The molecular weight excluding hydrogens is 220 g/mol. The standard InChI is InChI=1S/C9H7ClN2O3/c10-6-4-7-5(1-2-9(13)11-7)3-8(6)12(14)15/h3-4H,1-2H2,(H,11,13). The molecule has 1 amide bonds. The Balaban J connectivity index is 2.50. The molecule has 0 spiro atoms. The molecule has 6 heteroatoms. The number of nitrogens with one attached hydrogen (secondary N) is 1. The average molecular weight is 227 g/mol. The molecule has 0 saturated carbocycles. The topological polar surface area (TPSA) is 72.2 Å². The number of benzene rings is 1. The molecule has 78 valence electrons. The van der Waals surface area contributed by atoms with Crippen molar-refractivity contribution in [3.8, 4) is 0 Å². The molecule has 0 unspecified atom stereocenters. The van der Waals surface area contributed by atoms with Crippen molar-refractivity contribution in [3.63, 3.8) is 0 Å². The lowest BCUT2D eigenvalue weighted by molar-refractivity contribution is -0.384. The van der Waals surface area contributed by atoms with Crippen molar-refractivity contribution in [1.29, 1.82) is 0 Å². The van der Waals surface area contributed by atoms with Crippen molar-refractivity contribution in [3.05, 3.63) is 32.8 Å². The highest BCUT2D eigenvalue weighted by atomic mass is 35.5. The van der Waals surface area contributed by atoms with Gasteiger partial charge in [-0.25, -0.2) is 0 Å². The van der Waals surface area contributed by atoms with Gasteiger partial charge in [0.15, 0.2) is 0 Å². The zero-order valence-corrected chi connectivity index (χ0v) is 8.37. The number of nitro benzene ring substituents is 1. The monoisotopic (exact) mass is 226 g/mol. The number of amides is 1. The Bertz CT molecular complexity index is 459. The lowest BCUT2D eigenvalue weighted by Crippen LogP contribution is -2.19. The van der Waals surface area contributed by atoms with Crippen molar-refractivity contribution >= 4 is 28.9 Å². The Kier molecular flexibility index (Phi) is 2.32. The normalized spacial score (nSPS) is 14.3. The van der Waals surface area contributed by atoms with E-state index in [0.717, 1.165) is 5.56 Å². The number of halogens is 1. The first-order valence-corrected chi connectivity index (χ1v) is 4.72. The third-order valence-electron chi connectivity index (χ3n) is 2.26. The molecule has 0 aliphatic carbocycles. The molecule has 1 aromatic rings. The molecule has 0 fully saturated rings. The van der Waals surface area contributed by atoms with Gasteiger partial charge in [-0.05, 0) is 18.1 Å². The first-order chi connectivity index (χ1) is 7.08. The van der Waals surface area contributed by atoms with Crippen LogP contribution in [-0.4, -0.2) is 10.8 Å². The predicted octanol–water partition coefficient (Wildman–Crippen LogP) is 2.13. The maximum atomic E-state index is 11.1. The number of rotatable bonds is 1. The number of anilines is 1. The van der Waals surface area contributed by atoms with Crippen molar-refractivity contribution in [1.82, 2.24) is 0 Å². The van der Waals surface area contributed by atoms with Crippen LogP contribution in [0, 0.1) is 10.1 Å². The van der Waals surface area contributed by atoms with Crippen LogP contribution in [-0.2, 0) is 11.2 Å². The Morgan fingerprint density at radius 1 is 1.40 bits per heavy atom. The number of hydrogen-bond acceptors (Lipinski definition) is 3. The second-order valence-electron chi connectivity index (χ2n) is 3.27. The lowest BCUT2D eigenvalue weighted by Gasteiger charge is -2.16. The fourth-order valence-corrected chi connectivity index (χ4v) is 1.76. The summed E-state index contributed by atoms with van der Waals surface area (Å²) in [4.78, 5) is 21.1. The molecule has 1 aromatic carbocycles. The molecule has 15 heavy (non-hydrogen) atoms. The van der Waals surface area contributed by atoms with Gasteiger partial charge in [0.25, 0.3) is 5.69 Å². The maximum Gasteiger partial charge on any atom is 0.288 e. The molecule has 1 heterocycles. The van der Waals surface area contributed by atoms with Gasteiger partial charge in [0.2, 0.25) is 5.91 Å². The van der Waals surface area contributed by atoms with Crippen LogP contribution >= 0.6 is 11.6 Å². The lowest BCUT2D eigenvalue weighted by atomic mass is 10.0. The summed E-state index contributed by atoms with van der Waals surface area (Å²) in [7, 11) is 0. The zero-order chi connectivity index (χ0) is 11.0. The van der Waals surface area contributed by atoms with Crippen LogP contribution in [0.25, 0.3) is 0 Å². The highest BCUT2D eigenvalue weighted by Gasteiger charge is 2.21. The minimum atomic E-state index is -0.529. The number of nitro groups is 1. The van der Waals surface area contributed by atoms with E-state index < -0.39 is 4.92 Å². The van der Waals surface area contributed by atoms with E-state index in [1.165, 1.54) is 12.1 Å². The van der Waals surface area contributed by atoms with E-state index in [4.69, 9.17) is 11.6 Å². The van der Waals surface area contributed by atoms with Gasteiger partial charge in [0.05, 0.1) is 4.92 Å². The smallest absolute Gasteiger partial charge is 0.288 e. The maximum absolute atomic E-state index is 11.1. The van der Waals surface area contributed by atoms with Crippen LogP contribution < -0.4 is 5.32 Å². The van der Waals surface area contributed by atoms with Crippen LogP contribution in [0.5, 0.6) is 0 Å². The van der Waals surface area contributed by atoms with Gasteiger partial charge in [-0.3, -0.25) is 14.9 Å². The van der Waals surface area contributed by atoms with E-state index in [1.807, 2.05) is 0 Å². The molecule has 0 aromatic heterocycles. The number of fused-ring (bicyclic) bond motifs is 1. The predicted molar refractivity (Wildman–Crippen MR) is 55.1 cm³/mol. The SMILES string of the molecule is O=C1CCc2cc([N+](=O)[O-])c(Cl)cc2N1. The number of nitrogens with zero attached hydrogens (tertiary/aromatic N) is 1. The quantitative estimate of drug-likeness (QED) is 0.589. The van der Waals surface area contributed by atoms with Crippen molar-refractivity contribution in [2.24, 2.45) is 0 Å². The van der Waals surface area contributed by atoms with Crippen LogP contribution in [0.1, 0.15) is 12.0 Å². The molecule has 0 atom stereocenters. The van der Waals surface area contributed by atoms with E-state index in [-0.39, 0.29) is 16.6 Å². The van der Waals surface area contributed by atoms with Crippen molar-refractivity contribution in [2.75, 3.05) is 5.32 Å². The van der Waals surface area contributed by atoms with Crippen LogP contribution in [0.3, 0.4) is 0 Å². The van der Waals surface area contributed by atoms with Gasteiger partial charge in [0.1, 0.15) is 5.02 Å². The van der Waals surface area contributed by atoms with E-state index in [1.54, 1.807) is 0 Å². The summed E-state index contributed by atoms with van der Waals surface area (Å²) in [6.45, 7) is 0. The number of carbonyl (C=O) groups excluding carboxylic acids is 1. The first-order valence-electron chi connectivity index (χ1n) is 4.34. The van der Waals surface area contributed by atoms with Crippen molar-refractivity contribution in [2.45, 2.75) is 12.8 Å². The van der Waals surface area contributed by atoms with E-state index in [2.05, 4.69) is 5.32 Å². The number of aryl methyl sites for hydroxylation is 1. The summed E-state index contributed by atoms with van der Waals surface area (Å²) < 4.78 is 0. The minimum Gasteiger partial charge on any atom is -0.326 e. The van der Waals surface area contributed by atoms with E-state index in [0.29, 0.717) is 18.5 Å². The van der Waals surface area contributed by atoms with Crippen LogP contribution in [0.15, 0.2) is 12.1 Å². The Hall–Kier alpha value is -1.62. The molecule has 0 bridgehead atoms. The van der Waals surface area contributed by atoms with Crippen LogP contribution in [0.4, 0.5) is 11.4 Å². The van der Waals surface area contributed by atoms with Gasteiger partial charge in [-0.15, -0.1) is 0 Å². The van der Waals surface area contributed by atoms with Crippen molar-refractivity contribution < 1.29 is 9.72 Å². The van der Waals surface area contributed by atoms with Gasteiger partial charge in [-0.2, -0.15) is 0 Å². The Morgan fingerprint density at radius 3 is 2.80 bits per heavy atom. The molecule has 1 aliphatic rings. The summed E-state index contributed by atoms with van der Waals surface area (Å²) in [6, 6.07) is 2.84. The molecule has 0 radical (unpaired) electrons. The van der Waals surface area contributed by atoms with E-state index >= 15 is 0 Å². The highest BCUT2D eigenvalue weighted by molar-refractivity contribution is 6.33. The van der Waals surface area contributed by atoms with Gasteiger partial charge in [-0.1, -0.05) is 11.6 Å². The average Bonchev–Trinajstić information content (AvgIpc) is 2.15. The fraction of sp³-hybridized carbons (Fsp3) is 0.222. The summed E-state index contributed by atoms with van der Waals surface area (Å²) in [5, 5.41) is 13.3. The number of carbonyl (C=O) groups is 1. The Labute approximate surface area is 90.2 Å². The number of hydrogen-bond donors (Lipinski definition) is 1. The summed E-state index contributed by atoms with van der Waals surface area (Å²) in [5.41, 5.74) is 1.21. The summed E-state index contributed by atoms with van der Waals surface area (Å²) >= 11 is 5.71. The minimum absolute atomic E-state index is 0.0425. The zero-order valence-electron chi connectivity index (χ0n) is 7.62. The summed E-state index contributed by atoms with van der Waals surface area (Å²) in [6.07, 6.45) is 0.866. The molecule has 1 aliphatic heterocycles. The van der Waals surface area contributed by atoms with Gasteiger partial charge in [0, 0.05) is 18.2 Å². The summed E-state index contributed by atoms with van der Waals surface area (Å²) in [5.74, 6) is -0.0904. The molecule has 0 saturated heterocycles. The molecule has 1 N–H and O–H groups in total. The van der Waals surface area contributed by atoms with Gasteiger partial charge >= 0.3 is 0 Å². The third-order valence-corrected chi connectivity index (χ3v) is 2.57.